The number of carbonyl (C=O) groups excluding carboxylic acids is 1. The third-order valence-corrected chi connectivity index (χ3v) is 7.54. The molecular formula is C28H37N3O5. The Morgan fingerprint density at radius 3 is 2.61 bits per heavy atom. The number of nitrogens with one attached hydrogen (secondary N) is 1. The first-order chi connectivity index (χ1) is 17.2. The molecule has 3 saturated heterocycles. The lowest BCUT2D eigenvalue weighted by molar-refractivity contribution is -0.0361. The summed E-state index contributed by atoms with van der Waals surface area (Å²) in [6, 6.07) is 7.47. The van der Waals surface area contributed by atoms with Gasteiger partial charge in [0.25, 0.3) is 0 Å². The van der Waals surface area contributed by atoms with Gasteiger partial charge in [0.15, 0.2) is 0 Å². The van der Waals surface area contributed by atoms with E-state index in [1.54, 1.807) is 13.3 Å². The molecule has 0 spiro atoms. The molecule has 8 nitrogen and oxygen atoms in total. The van der Waals surface area contributed by atoms with Gasteiger partial charge in [-0.25, -0.2) is 9.78 Å². The monoisotopic (exact) mass is 495 g/mol. The third-order valence-electron chi connectivity index (χ3n) is 7.54. The van der Waals surface area contributed by atoms with E-state index >= 15 is 0 Å². The summed E-state index contributed by atoms with van der Waals surface area (Å²) in [6.45, 7) is 11.6. The number of nitrogens with zero attached hydrogens (tertiary/aromatic N) is 2. The van der Waals surface area contributed by atoms with Crippen LogP contribution in [0.25, 0.3) is 11.1 Å². The van der Waals surface area contributed by atoms with Crippen LogP contribution in [0.1, 0.15) is 52.1 Å². The van der Waals surface area contributed by atoms with Gasteiger partial charge >= 0.3 is 6.09 Å². The van der Waals surface area contributed by atoms with Crippen LogP contribution in [-0.2, 0) is 4.74 Å². The lowest BCUT2D eigenvalue weighted by Crippen LogP contribution is -2.53. The second kappa shape index (κ2) is 9.81. The molecule has 0 aliphatic carbocycles. The van der Waals surface area contributed by atoms with E-state index in [0.717, 1.165) is 54.9 Å². The van der Waals surface area contributed by atoms with Crippen LogP contribution in [0.3, 0.4) is 0 Å². The Bertz CT molecular complexity index is 1090. The molecule has 1 amide bonds. The molecule has 1 aromatic carbocycles. The van der Waals surface area contributed by atoms with Crippen molar-refractivity contribution >= 4 is 6.09 Å². The van der Waals surface area contributed by atoms with Crippen LogP contribution >= 0.6 is 0 Å². The highest BCUT2D eigenvalue weighted by molar-refractivity contribution is 5.74. The van der Waals surface area contributed by atoms with Crippen molar-refractivity contribution < 1.29 is 23.7 Å². The highest BCUT2D eigenvalue weighted by Crippen LogP contribution is 2.47. The Morgan fingerprint density at radius 2 is 2.00 bits per heavy atom. The second-order valence-corrected chi connectivity index (χ2v) is 11.1. The van der Waals surface area contributed by atoms with E-state index in [-0.39, 0.29) is 29.8 Å². The van der Waals surface area contributed by atoms with E-state index < -0.39 is 0 Å². The maximum absolute atomic E-state index is 13.1. The minimum absolute atomic E-state index is 0.0398. The number of benzene rings is 1. The van der Waals surface area contributed by atoms with Crippen LogP contribution in [0, 0.1) is 11.3 Å². The van der Waals surface area contributed by atoms with E-state index in [0.29, 0.717) is 24.2 Å². The first-order valence-electron chi connectivity index (χ1n) is 12.9. The highest BCUT2D eigenvalue weighted by Gasteiger charge is 2.41. The average molecular weight is 496 g/mol. The fourth-order valence-electron chi connectivity index (χ4n) is 5.55. The number of carbonyl (C=O) groups is 1. The third kappa shape index (κ3) is 4.96. The minimum atomic E-state index is -0.368. The molecule has 0 saturated carbocycles. The number of rotatable bonds is 6. The van der Waals surface area contributed by atoms with Crippen molar-refractivity contribution in [2.75, 3.05) is 33.4 Å². The normalized spacial score (nSPS) is 26.1. The number of hydrogen-bond acceptors (Lipinski definition) is 7. The van der Waals surface area contributed by atoms with Crippen molar-refractivity contribution in [3.05, 3.63) is 36.0 Å². The molecule has 4 aliphatic heterocycles. The number of alkyl carbamates (subject to hydrolysis) is 1. The predicted octanol–water partition coefficient (Wildman–Crippen LogP) is 4.82. The molecule has 2 bridgehead atoms. The summed E-state index contributed by atoms with van der Waals surface area (Å²) in [5.41, 5.74) is 2.31. The van der Waals surface area contributed by atoms with Gasteiger partial charge in [0.05, 0.1) is 25.9 Å². The summed E-state index contributed by atoms with van der Waals surface area (Å²) in [5, 5.41) is 3.16. The molecule has 0 radical (unpaired) electrons. The maximum Gasteiger partial charge on any atom is 0.407 e. The fraction of sp³-hybridized carbons (Fsp3) is 0.571. The zero-order valence-corrected chi connectivity index (χ0v) is 21.9. The van der Waals surface area contributed by atoms with E-state index in [1.807, 2.05) is 38.1 Å². The first kappa shape index (κ1) is 24.7. The van der Waals surface area contributed by atoms with Crippen molar-refractivity contribution in [3.63, 3.8) is 0 Å². The Morgan fingerprint density at radius 1 is 1.22 bits per heavy atom. The molecule has 2 aromatic rings. The van der Waals surface area contributed by atoms with Gasteiger partial charge in [0.1, 0.15) is 17.6 Å². The topological polar surface area (TPSA) is 82.2 Å². The number of amides is 1. The highest BCUT2D eigenvalue weighted by atomic mass is 16.6. The number of piperidine rings is 3. The standard InChI is InChI=1S/C28H37N3O5/c1-17(2)35-25-7-6-19(14-29-25)20-12-23-21(13-22(20)33-5)26(28(3,4)16-34-23)30-27(32)36-24-15-31-10-8-18(24)9-11-31/h6-7,12-14,17-18,24,26H,8-11,15-16H2,1-5H3,(H,30,32)/t24-,26?/m0/s1. The van der Waals surface area contributed by atoms with Crippen LogP contribution in [-0.4, -0.2) is 61.5 Å². The lowest BCUT2D eigenvalue weighted by Gasteiger charge is -2.44. The van der Waals surface area contributed by atoms with Gasteiger partial charge in [-0.1, -0.05) is 13.8 Å². The van der Waals surface area contributed by atoms with Crippen molar-refractivity contribution in [3.8, 4) is 28.5 Å². The molecule has 194 valence electrons. The van der Waals surface area contributed by atoms with E-state index in [4.69, 9.17) is 18.9 Å². The molecule has 1 N–H and O–H groups in total. The zero-order valence-electron chi connectivity index (χ0n) is 21.9. The lowest BCUT2D eigenvalue weighted by atomic mass is 9.78. The number of pyridine rings is 1. The largest absolute Gasteiger partial charge is 0.496 e. The number of aromatic nitrogens is 1. The summed E-state index contributed by atoms with van der Waals surface area (Å²) in [4.78, 5) is 19.9. The molecule has 8 heteroatoms. The smallest absolute Gasteiger partial charge is 0.407 e. The summed E-state index contributed by atoms with van der Waals surface area (Å²) in [7, 11) is 1.65. The molecule has 1 aromatic heterocycles. The molecule has 6 rings (SSSR count). The fourth-order valence-corrected chi connectivity index (χ4v) is 5.55. The van der Waals surface area contributed by atoms with Crippen LogP contribution in [0.2, 0.25) is 0 Å². The maximum atomic E-state index is 13.1. The number of hydrogen-bond donors (Lipinski definition) is 1. The number of methoxy groups -OCH3 is 1. The molecule has 1 unspecified atom stereocenters. The SMILES string of the molecule is COc1cc2c(cc1-c1ccc(OC(C)C)nc1)OCC(C)(C)C2NC(=O)O[C@H]1CN2CCC1CC2. The van der Waals surface area contributed by atoms with Gasteiger partial charge in [-0.15, -0.1) is 0 Å². The quantitative estimate of drug-likeness (QED) is 0.615. The van der Waals surface area contributed by atoms with Crippen LogP contribution < -0.4 is 19.5 Å². The van der Waals surface area contributed by atoms with Crippen molar-refractivity contribution in [2.24, 2.45) is 11.3 Å². The van der Waals surface area contributed by atoms with Gasteiger partial charge < -0.3 is 24.3 Å². The van der Waals surface area contributed by atoms with Gasteiger partial charge in [0, 0.05) is 40.9 Å². The molecule has 36 heavy (non-hydrogen) atoms. The average Bonchev–Trinajstić information content (AvgIpc) is 2.86. The Labute approximate surface area is 213 Å². The molecule has 3 fully saturated rings. The van der Waals surface area contributed by atoms with E-state index in [1.165, 1.54) is 0 Å². The summed E-state index contributed by atoms with van der Waals surface area (Å²) in [5.74, 6) is 2.45. The van der Waals surface area contributed by atoms with Crippen LogP contribution in [0.5, 0.6) is 17.4 Å². The number of fused-ring (bicyclic) bond motifs is 4. The first-order valence-corrected chi connectivity index (χ1v) is 12.9. The predicted molar refractivity (Wildman–Crippen MR) is 137 cm³/mol. The Balaban J connectivity index is 1.39. The van der Waals surface area contributed by atoms with E-state index in [2.05, 4.69) is 29.0 Å². The molecule has 5 heterocycles. The van der Waals surface area contributed by atoms with Gasteiger partial charge in [-0.3, -0.25) is 4.90 Å². The summed E-state index contributed by atoms with van der Waals surface area (Å²) >= 11 is 0. The van der Waals surface area contributed by atoms with Crippen molar-refractivity contribution in [2.45, 2.75) is 58.8 Å². The molecular weight excluding hydrogens is 458 g/mol. The summed E-state index contributed by atoms with van der Waals surface area (Å²) in [6.07, 6.45) is 3.62. The Hall–Kier alpha value is -3.00. The molecule has 2 atom stereocenters. The molecule has 4 aliphatic rings. The van der Waals surface area contributed by atoms with Crippen molar-refractivity contribution in [1.82, 2.24) is 15.2 Å². The number of ether oxygens (including phenoxy) is 4. The van der Waals surface area contributed by atoms with Crippen LogP contribution in [0.15, 0.2) is 30.5 Å². The summed E-state index contributed by atoms with van der Waals surface area (Å²) < 4.78 is 23.6. The van der Waals surface area contributed by atoms with Gasteiger partial charge in [-0.05, 0) is 63.9 Å². The zero-order chi connectivity index (χ0) is 25.4. The van der Waals surface area contributed by atoms with Gasteiger partial charge in [-0.2, -0.15) is 0 Å². The minimum Gasteiger partial charge on any atom is -0.496 e. The van der Waals surface area contributed by atoms with Crippen LogP contribution in [0.4, 0.5) is 4.79 Å². The van der Waals surface area contributed by atoms with Crippen molar-refractivity contribution in [1.29, 1.82) is 0 Å². The van der Waals surface area contributed by atoms with E-state index in [9.17, 15) is 4.79 Å². The van der Waals surface area contributed by atoms with Gasteiger partial charge in [0.2, 0.25) is 5.88 Å². The Kier molecular flexibility index (Phi) is 6.72. The second-order valence-electron chi connectivity index (χ2n) is 11.1.